The normalized spacial score (nSPS) is 23.9. The molecule has 2 saturated heterocycles. The van der Waals surface area contributed by atoms with E-state index in [0.717, 1.165) is 31.6 Å². The minimum absolute atomic E-state index is 0.0260. The Morgan fingerprint density at radius 3 is 2.64 bits per heavy atom. The van der Waals surface area contributed by atoms with Crippen LogP contribution in [0.4, 0.5) is 0 Å². The first-order valence-corrected chi connectivity index (χ1v) is 10.1. The number of likely N-dealkylation sites (N-methyl/N-ethyl adjacent to an activating group) is 1. The van der Waals surface area contributed by atoms with E-state index in [1.165, 1.54) is 0 Å². The van der Waals surface area contributed by atoms with Crippen LogP contribution in [0, 0.1) is 0 Å². The van der Waals surface area contributed by atoms with Gasteiger partial charge in [0.1, 0.15) is 5.82 Å². The number of nitrogens with zero attached hydrogens (tertiary/aromatic N) is 5. The van der Waals surface area contributed by atoms with Crippen LogP contribution in [0.1, 0.15) is 42.4 Å². The lowest BCUT2D eigenvalue weighted by Gasteiger charge is -2.49. The summed E-state index contributed by atoms with van der Waals surface area (Å²) in [7, 11) is 3.76. The van der Waals surface area contributed by atoms with Crippen molar-refractivity contribution in [1.82, 2.24) is 24.7 Å². The number of ether oxygens (including phenoxy) is 1. The van der Waals surface area contributed by atoms with Gasteiger partial charge in [0.25, 0.3) is 5.91 Å². The summed E-state index contributed by atoms with van der Waals surface area (Å²) < 4.78 is 5.14. The van der Waals surface area contributed by atoms with Crippen molar-refractivity contribution in [1.29, 1.82) is 0 Å². The molecule has 154 valence electrons. The van der Waals surface area contributed by atoms with Crippen LogP contribution in [-0.2, 0) is 16.0 Å². The van der Waals surface area contributed by atoms with Gasteiger partial charge in [-0.1, -0.05) is 6.92 Å². The van der Waals surface area contributed by atoms with Crippen molar-refractivity contribution in [2.45, 2.75) is 38.1 Å². The van der Waals surface area contributed by atoms with Crippen molar-refractivity contribution in [2.24, 2.45) is 0 Å². The van der Waals surface area contributed by atoms with Gasteiger partial charge in [-0.15, -0.1) is 0 Å². The van der Waals surface area contributed by atoms with Crippen molar-refractivity contribution in [3.05, 3.63) is 23.8 Å². The molecule has 1 spiro atoms. The van der Waals surface area contributed by atoms with Gasteiger partial charge in [-0.05, 0) is 19.9 Å². The van der Waals surface area contributed by atoms with Crippen molar-refractivity contribution in [3.8, 4) is 0 Å². The number of aromatic nitrogens is 2. The molecule has 0 radical (unpaired) electrons. The van der Waals surface area contributed by atoms with Gasteiger partial charge < -0.3 is 14.5 Å². The maximum atomic E-state index is 13.0. The Balaban J connectivity index is 1.72. The lowest BCUT2D eigenvalue weighted by Crippen LogP contribution is -2.62. The topological polar surface area (TPSA) is 78.9 Å². The van der Waals surface area contributed by atoms with E-state index in [9.17, 15) is 9.59 Å². The van der Waals surface area contributed by atoms with E-state index in [-0.39, 0.29) is 17.4 Å². The fourth-order valence-corrected chi connectivity index (χ4v) is 4.13. The summed E-state index contributed by atoms with van der Waals surface area (Å²) in [6.45, 7) is 5.96. The average Bonchev–Trinajstić information content (AvgIpc) is 2.88. The number of rotatable bonds is 5. The molecule has 0 bridgehead atoms. The van der Waals surface area contributed by atoms with Crippen LogP contribution in [0.25, 0.3) is 0 Å². The Morgan fingerprint density at radius 2 is 1.96 bits per heavy atom. The van der Waals surface area contributed by atoms with Crippen LogP contribution in [0.2, 0.25) is 0 Å². The number of hydrogen-bond donors (Lipinski definition) is 0. The molecule has 3 rings (SSSR count). The highest BCUT2D eigenvalue weighted by Crippen LogP contribution is 2.32. The second-order valence-corrected chi connectivity index (χ2v) is 7.74. The molecule has 2 aliphatic rings. The quantitative estimate of drug-likeness (QED) is 0.742. The van der Waals surface area contributed by atoms with Crippen LogP contribution in [0.3, 0.4) is 0 Å². The number of aryl methyl sites for hydroxylation is 1. The molecule has 1 unspecified atom stereocenters. The molecule has 1 atom stereocenters. The zero-order chi connectivity index (χ0) is 20.1. The second-order valence-electron chi connectivity index (χ2n) is 7.74. The highest BCUT2D eigenvalue weighted by Gasteiger charge is 2.43. The predicted molar refractivity (Wildman–Crippen MR) is 105 cm³/mol. The van der Waals surface area contributed by atoms with Crippen LogP contribution in [-0.4, -0.2) is 95.5 Å². The highest BCUT2D eigenvalue weighted by molar-refractivity contribution is 5.93. The maximum absolute atomic E-state index is 13.0. The summed E-state index contributed by atoms with van der Waals surface area (Å²) in [5.41, 5.74) is 0.360. The zero-order valence-electron chi connectivity index (χ0n) is 17.2. The molecule has 8 heteroatoms. The van der Waals surface area contributed by atoms with Gasteiger partial charge in [-0.2, -0.15) is 0 Å². The number of carbonyl (C=O) groups is 2. The first kappa shape index (κ1) is 20.7. The molecule has 3 heterocycles. The Kier molecular flexibility index (Phi) is 6.61. The number of likely N-dealkylation sites (tertiary alicyclic amines) is 1. The van der Waals surface area contributed by atoms with Crippen LogP contribution < -0.4 is 0 Å². The molecule has 2 amide bonds. The standard InChI is InChI=1S/C20H31N5O3/c1-4-17-21-13-16(14-22-17)19(27)25-10-9-23(2)20(15-25)6-5-18(26)24(8-7-20)11-12-28-3/h13-14H,4-12,15H2,1-3H3. The first-order chi connectivity index (χ1) is 13.5. The first-order valence-electron chi connectivity index (χ1n) is 10.1. The van der Waals surface area contributed by atoms with E-state index in [1.807, 2.05) is 16.7 Å². The molecule has 0 N–H and O–H groups in total. The molecule has 2 aliphatic heterocycles. The minimum Gasteiger partial charge on any atom is -0.383 e. The molecule has 1 aromatic rings. The Hall–Kier alpha value is -2.06. The average molecular weight is 390 g/mol. The molecule has 0 aliphatic carbocycles. The maximum Gasteiger partial charge on any atom is 0.257 e. The number of methoxy groups -OCH3 is 1. The van der Waals surface area contributed by atoms with Gasteiger partial charge in [0.05, 0.1) is 12.2 Å². The van der Waals surface area contributed by atoms with E-state index in [1.54, 1.807) is 19.5 Å². The van der Waals surface area contributed by atoms with Gasteiger partial charge in [0, 0.05) is 70.6 Å². The number of piperazine rings is 1. The van der Waals surface area contributed by atoms with Crippen LogP contribution in [0.15, 0.2) is 12.4 Å². The smallest absolute Gasteiger partial charge is 0.257 e. The SMILES string of the molecule is CCc1ncc(C(=O)N2CCN(C)C3(CCC(=O)N(CCOC)CC3)C2)cn1. The third-order valence-corrected chi connectivity index (χ3v) is 6.13. The fourth-order valence-electron chi connectivity index (χ4n) is 4.13. The van der Waals surface area contributed by atoms with Gasteiger partial charge in [-0.3, -0.25) is 14.5 Å². The third-order valence-electron chi connectivity index (χ3n) is 6.13. The number of hydrogen-bond acceptors (Lipinski definition) is 6. The predicted octanol–water partition coefficient (Wildman–Crippen LogP) is 0.824. The Bertz CT molecular complexity index is 696. The van der Waals surface area contributed by atoms with Crippen molar-refractivity contribution in [2.75, 3.05) is 53.5 Å². The summed E-state index contributed by atoms with van der Waals surface area (Å²) in [5.74, 6) is 0.890. The molecule has 28 heavy (non-hydrogen) atoms. The van der Waals surface area contributed by atoms with E-state index in [4.69, 9.17) is 4.74 Å². The molecular weight excluding hydrogens is 358 g/mol. The monoisotopic (exact) mass is 389 g/mol. The van der Waals surface area contributed by atoms with Gasteiger partial charge >= 0.3 is 0 Å². The summed E-state index contributed by atoms with van der Waals surface area (Å²) in [5, 5.41) is 0. The summed E-state index contributed by atoms with van der Waals surface area (Å²) in [4.78, 5) is 40.2. The molecule has 1 aromatic heterocycles. The van der Waals surface area contributed by atoms with E-state index in [0.29, 0.717) is 44.8 Å². The minimum atomic E-state index is -0.171. The van der Waals surface area contributed by atoms with Crippen molar-refractivity contribution >= 4 is 11.8 Å². The highest BCUT2D eigenvalue weighted by atomic mass is 16.5. The fraction of sp³-hybridized carbons (Fsp3) is 0.700. The summed E-state index contributed by atoms with van der Waals surface area (Å²) in [6, 6.07) is 0. The van der Waals surface area contributed by atoms with Crippen molar-refractivity contribution in [3.63, 3.8) is 0 Å². The zero-order valence-corrected chi connectivity index (χ0v) is 17.2. The molecule has 8 nitrogen and oxygen atoms in total. The van der Waals surface area contributed by atoms with Crippen LogP contribution in [0.5, 0.6) is 0 Å². The lowest BCUT2D eigenvalue weighted by molar-refractivity contribution is -0.131. The van der Waals surface area contributed by atoms with E-state index in [2.05, 4.69) is 21.9 Å². The van der Waals surface area contributed by atoms with E-state index >= 15 is 0 Å². The molecule has 0 saturated carbocycles. The number of carbonyl (C=O) groups excluding carboxylic acids is 2. The second kappa shape index (κ2) is 8.96. The van der Waals surface area contributed by atoms with Crippen LogP contribution >= 0.6 is 0 Å². The van der Waals surface area contributed by atoms with Crippen molar-refractivity contribution < 1.29 is 14.3 Å². The molecular formula is C20H31N5O3. The number of amides is 2. The summed E-state index contributed by atoms with van der Waals surface area (Å²) in [6.07, 6.45) is 6.13. The van der Waals surface area contributed by atoms with Gasteiger partial charge in [0.15, 0.2) is 0 Å². The molecule has 0 aromatic carbocycles. The largest absolute Gasteiger partial charge is 0.383 e. The third kappa shape index (κ3) is 4.33. The van der Waals surface area contributed by atoms with E-state index < -0.39 is 0 Å². The Labute approximate surface area is 166 Å². The lowest BCUT2D eigenvalue weighted by atomic mass is 9.86. The summed E-state index contributed by atoms with van der Waals surface area (Å²) >= 11 is 0. The Morgan fingerprint density at radius 1 is 1.21 bits per heavy atom. The van der Waals surface area contributed by atoms with Gasteiger partial charge in [-0.25, -0.2) is 9.97 Å². The molecule has 2 fully saturated rings. The van der Waals surface area contributed by atoms with Gasteiger partial charge in [0.2, 0.25) is 5.91 Å².